The largest absolute Gasteiger partial charge is 0.346 e. The number of unbranched alkanes of at least 4 members (excludes halogenated alkanes) is 1. The number of rotatable bonds is 6. The van der Waals surface area contributed by atoms with Gasteiger partial charge in [0.1, 0.15) is 5.01 Å². The van der Waals surface area contributed by atoms with Crippen LogP contribution in [-0.2, 0) is 4.79 Å². The summed E-state index contributed by atoms with van der Waals surface area (Å²) in [4.78, 5) is 17.2. The van der Waals surface area contributed by atoms with Crippen molar-refractivity contribution in [3.8, 4) is 0 Å². The van der Waals surface area contributed by atoms with Crippen molar-refractivity contribution < 1.29 is 4.79 Å². The minimum absolute atomic E-state index is 0.0612. The van der Waals surface area contributed by atoms with Crippen LogP contribution in [0.3, 0.4) is 0 Å². The highest BCUT2D eigenvalue weighted by atomic mass is 32.1. The Hall–Kier alpha value is -0.940. The van der Waals surface area contributed by atoms with Gasteiger partial charge in [-0.05, 0) is 20.3 Å². The summed E-state index contributed by atoms with van der Waals surface area (Å²) in [5.41, 5.74) is 5.81. The lowest BCUT2D eigenvalue weighted by molar-refractivity contribution is -0.123. The molecule has 0 aliphatic heterocycles. The van der Waals surface area contributed by atoms with E-state index in [2.05, 4.69) is 17.2 Å². The van der Waals surface area contributed by atoms with Gasteiger partial charge in [-0.25, -0.2) is 4.98 Å². The van der Waals surface area contributed by atoms with E-state index in [-0.39, 0.29) is 11.9 Å². The molecule has 1 aromatic heterocycles. The third kappa shape index (κ3) is 4.44. The number of carbonyl (C=O) groups excluding carboxylic acids is 1. The van der Waals surface area contributed by atoms with E-state index < -0.39 is 6.04 Å². The number of nitrogens with two attached hydrogens (primary N) is 1. The standard InChI is InChI=1S/C12H21N3OS/c1-4-5-6-10(13)11(16)15-9(3)12-14-7-8(2)17-12/h7,9-10H,4-6,13H2,1-3H3,(H,15,16)/t9?,10-/m0/s1. The fraction of sp³-hybridized carbons (Fsp3) is 0.667. The molecule has 0 fully saturated rings. The van der Waals surface area contributed by atoms with Gasteiger partial charge < -0.3 is 11.1 Å². The van der Waals surface area contributed by atoms with Crippen LogP contribution in [0.1, 0.15) is 49.0 Å². The van der Waals surface area contributed by atoms with Crippen molar-refractivity contribution in [1.29, 1.82) is 0 Å². The second kappa shape index (κ2) is 6.71. The number of aromatic nitrogens is 1. The molecule has 2 atom stereocenters. The molecular formula is C12H21N3OS. The summed E-state index contributed by atoms with van der Waals surface area (Å²) in [6.45, 7) is 6.02. The molecule has 0 aromatic carbocycles. The number of nitrogens with one attached hydrogen (secondary N) is 1. The second-order valence-corrected chi connectivity index (χ2v) is 5.55. The summed E-state index contributed by atoms with van der Waals surface area (Å²) in [6, 6.07) is -0.465. The molecule has 0 aliphatic carbocycles. The van der Waals surface area contributed by atoms with Gasteiger partial charge in [-0.1, -0.05) is 19.8 Å². The van der Waals surface area contributed by atoms with E-state index in [0.29, 0.717) is 0 Å². The first-order valence-corrected chi connectivity index (χ1v) is 6.84. The fourth-order valence-corrected chi connectivity index (χ4v) is 2.29. The molecule has 0 saturated heterocycles. The molecule has 5 heteroatoms. The monoisotopic (exact) mass is 255 g/mol. The Balaban J connectivity index is 2.45. The lowest BCUT2D eigenvalue weighted by Gasteiger charge is -2.15. The summed E-state index contributed by atoms with van der Waals surface area (Å²) >= 11 is 1.60. The predicted octanol–water partition coefficient (Wildman–Crippen LogP) is 2.15. The Morgan fingerprint density at radius 1 is 1.65 bits per heavy atom. The van der Waals surface area contributed by atoms with Crippen LogP contribution in [0, 0.1) is 6.92 Å². The first-order chi connectivity index (χ1) is 8.04. The highest BCUT2D eigenvalue weighted by Gasteiger charge is 2.17. The fourth-order valence-electron chi connectivity index (χ4n) is 1.51. The minimum atomic E-state index is -0.404. The molecule has 96 valence electrons. The van der Waals surface area contributed by atoms with E-state index in [1.54, 1.807) is 11.3 Å². The van der Waals surface area contributed by atoms with Gasteiger partial charge in [0.15, 0.2) is 0 Å². The Morgan fingerprint density at radius 3 is 2.88 bits per heavy atom. The van der Waals surface area contributed by atoms with Crippen LogP contribution >= 0.6 is 11.3 Å². The van der Waals surface area contributed by atoms with Crippen molar-refractivity contribution in [2.75, 3.05) is 0 Å². The van der Waals surface area contributed by atoms with Crippen LogP contribution < -0.4 is 11.1 Å². The van der Waals surface area contributed by atoms with E-state index in [9.17, 15) is 4.79 Å². The Kier molecular flexibility index (Phi) is 5.58. The smallest absolute Gasteiger partial charge is 0.237 e. The minimum Gasteiger partial charge on any atom is -0.346 e. The maximum absolute atomic E-state index is 11.8. The average molecular weight is 255 g/mol. The zero-order valence-electron chi connectivity index (χ0n) is 10.7. The molecule has 0 saturated carbocycles. The number of hydrogen-bond donors (Lipinski definition) is 2. The maximum Gasteiger partial charge on any atom is 0.237 e. The van der Waals surface area contributed by atoms with Gasteiger partial charge in [0.2, 0.25) is 5.91 Å². The van der Waals surface area contributed by atoms with Crippen LogP contribution in [0.2, 0.25) is 0 Å². The van der Waals surface area contributed by atoms with Crippen molar-refractivity contribution in [1.82, 2.24) is 10.3 Å². The van der Waals surface area contributed by atoms with E-state index in [1.165, 1.54) is 0 Å². The van der Waals surface area contributed by atoms with E-state index in [4.69, 9.17) is 5.73 Å². The third-order valence-corrected chi connectivity index (χ3v) is 3.67. The molecule has 1 aromatic rings. The number of amides is 1. The van der Waals surface area contributed by atoms with Gasteiger partial charge in [-0.3, -0.25) is 4.79 Å². The molecular weight excluding hydrogens is 234 g/mol. The van der Waals surface area contributed by atoms with Gasteiger partial charge in [-0.15, -0.1) is 11.3 Å². The van der Waals surface area contributed by atoms with Gasteiger partial charge >= 0.3 is 0 Å². The zero-order chi connectivity index (χ0) is 12.8. The van der Waals surface area contributed by atoms with Gasteiger partial charge in [0, 0.05) is 11.1 Å². The molecule has 0 aliphatic rings. The molecule has 0 spiro atoms. The molecule has 3 N–H and O–H groups in total. The van der Waals surface area contributed by atoms with E-state index in [1.807, 2.05) is 20.0 Å². The number of carbonyl (C=O) groups is 1. The second-order valence-electron chi connectivity index (χ2n) is 4.29. The van der Waals surface area contributed by atoms with Crippen LogP contribution in [0.25, 0.3) is 0 Å². The molecule has 0 radical (unpaired) electrons. The van der Waals surface area contributed by atoms with Crippen molar-refractivity contribution in [2.45, 2.75) is 52.1 Å². The van der Waals surface area contributed by atoms with Crippen LogP contribution in [0.5, 0.6) is 0 Å². The highest BCUT2D eigenvalue weighted by Crippen LogP contribution is 2.18. The first-order valence-electron chi connectivity index (χ1n) is 6.02. The van der Waals surface area contributed by atoms with Crippen LogP contribution in [0.15, 0.2) is 6.20 Å². The maximum atomic E-state index is 11.8. The molecule has 1 unspecified atom stereocenters. The predicted molar refractivity (Wildman–Crippen MR) is 70.9 cm³/mol. The number of aryl methyl sites for hydroxylation is 1. The SMILES string of the molecule is CCCC[C@H](N)C(=O)NC(C)c1ncc(C)s1. The summed E-state index contributed by atoms with van der Waals surface area (Å²) in [5, 5.41) is 3.83. The average Bonchev–Trinajstić information content (AvgIpc) is 2.72. The van der Waals surface area contributed by atoms with Gasteiger partial charge in [0.05, 0.1) is 12.1 Å². The molecule has 17 heavy (non-hydrogen) atoms. The van der Waals surface area contributed by atoms with Gasteiger partial charge in [0.25, 0.3) is 0 Å². The summed E-state index contributed by atoms with van der Waals surface area (Å²) in [5.74, 6) is -0.0844. The number of nitrogens with zero attached hydrogens (tertiary/aromatic N) is 1. The normalized spacial score (nSPS) is 14.4. The Bertz CT molecular complexity index is 364. The molecule has 0 bridgehead atoms. The Labute approximate surface area is 107 Å². The Morgan fingerprint density at radius 2 is 2.35 bits per heavy atom. The van der Waals surface area contributed by atoms with Crippen molar-refractivity contribution >= 4 is 17.2 Å². The van der Waals surface area contributed by atoms with Crippen molar-refractivity contribution in [3.05, 3.63) is 16.1 Å². The van der Waals surface area contributed by atoms with E-state index >= 15 is 0 Å². The highest BCUT2D eigenvalue weighted by molar-refractivity contribution is 7.11. The first kappa shape index (κ1) is 14.1. The van der Waals surface area contributed by atoms with Crippen molar-refractivity contribution in [3.63, 3.8) is 0 Å². The quantitative estimate of drug-likeness (QED) is 0.818. The lowest BCUT2D eigenvalue weighted by atomic mass is 10.1. The molecule has 1 amide bonds. The molecule has 1 heterocycles. The van der Waals surface area contributed by atoms with Gasteiger partial charge in [-0.2, -0.15) is 0 Å². The van der Waals surface area contributed by atoms with E-state index in [0.717, 1.165) is 29.1 Å². The topological polar surface area (TPSA) is 68.0 Å². The third-order valence-electron chi connectivity index (χ3n) is 2.57. The number of hydrogen-bond acceptors (Lipinski definition) is 4. The zero-order valence-corrected chi connectivity index (χ0v) is 11.5. The summed E-state index contributed by atoms with van der Waals surface area (Å²) in [7, 11) is 0. The summed E-state index contributed by atoms with van der Waals surface area (Å²) in [6.07, 6.45) is 4.60. The number of thiazole rings is 1. The molecule has 1 rings (SSSR count). The summed E-state index contributed by atoms with van der Waals surface area (Å²) < 4.78 is 0. The lowest BCUT2D eigenvalue weighted by Crippen LogP contribution is -2.41. The molecule has 4 nitrogen and oxygen atoms in total. The van der Waals surface area contributed by atoms with Crippen LogP contribution in [-0.4, -0.2) is 16.9 Å². The van der Waals surface area contributed by atoms with Crippen molar-refractivity contribution in [2.24, 2.45) is 5.73 Å². The van der Waals surface area contributed by atoms with Crippen LogP contribution in [0.4, 0.5) is 0 Å².